The summed E-state index contributed by atoms with van der Waals surface area (Å²) in [6.07, 6.45) is 15.3. The Bertz CT molecular complexity index is 1400. The van der Waals surface area contributed by atoms with Crippen LogP contribution in [0.5, 0.6) is 11.5 Å². The summed E-state index contributed by atoms with van der Waals surface area (Å²) in [5, 5.41) is 0. The summed E-state index contributed by atoms with van der Waals surface area (Å²) >= 11 is -5.16. The fourth-order valence-corrected chi connectivity index (χ4v) is 13.1. The Balaban J connectivity index is 2.10. The average Bonchev–Trinajstić information content (AvgIpc) is 3.62. The molecule has 0 spiro atoms. The fourth-order valence-electron chi connectivity index (χ4n) is 4.89. The molecule has 2 aliphatic rings. The van der Waals surface area contributed by atoms with E-state index in [1.807, 2.05) is 0 Å². The van der Waals surface area contributed by atoms with Crippen LogP contribution in [0, 0.1) is 23.3 Å². The zero-order valence-corrected chi connectivity index (χ0v) is 22.7. The predicted molar refractivity (Wildman–Crippen MR) is 137 cm³/mol. The van der Waals surface area contributed by atoms with E-state index in [0.717, 1.165) is 36.4 Å². The third-order valence-corrected chi connectivity index (χ3v) is 14.3. The molecular weight excluding hydrogens is 548 g/mol. The third-order valence-electron chi connectivity index (χ3n) is 6.39. The number of esters is 2. The van der Waals surface area contributed by atoms with Gasteiger partial charge in [-0.25, -0.2) is 0 Å². The van der Waals surface area contributed by atoms with Gasteiger partial charge in [-0.2, -0.15) is 0 Å². The van der Waals surface area contributed by atoms with Crippen LogP contribution in [0.25, 0.3) is 0 Å². The van der Waals surface area contributed by atoms with E-state index in [1.165, 1.54) is 12.2 Å². The zero-order chi connectivity index (χ0) is 28.2. The number of ether oxygens (including phenoxy) is 2. The molecule has 0 bridgehead atoms. The Hall–Kier alpha value is -3.75. The second-order valence-electron chi connectivity index (χ2n) is 8.71. The summed E-state index contributed by atoms with van der Waals surface area (Å²) in [5.74, 6) is -7.44. The minimum atomic E-state index is -5.16. The summed E-state index contributed by atoms with van der Waals surface area (Å²) in [7, 11) is 0. The molecule has 2 aromatic rings. The van der Waals surface area contributed by atoms with Gasteiger partial charge >= 0.3 is 227 Å². The third kappa shape index (κ3) is 5.27. The van der Waals surface area contributed by atoms with Gasteiger partial charge < -0.3 is 0 Å². The van der Waals surface area contributed by atoms with Crippen molar-refractivity contribution in [2.24, 2.45) is 0 Å². The number of hydrogen-bond acceptors (Lipinski definition) is 4. The van der Waals surface area contributed by atoms with Crippen molar-refractivity contribution in [3.05, 3.63) is 116 Å². The van der Waals surface area contributed by atoms with Crippen LogP contribution in [-0.4, -0.2) is 11.9 Å². The molecule has 0 aliphatic heterocycles. The zero-order valence-electron chi connectivity index (χ0n) is 21.1. The van der Waals surface area contributed by atoms with Gasteiger partial charge in [0.15, 0.2) is 0 Å². The van der Waals surface area contributed by atoms with Crippen LogP contribution in [0.4, 0.5) is 17.6 Å². The van der Waals surface area contributed by atoms with Crippen molar-refractivity contribution in [2.75, 3.05) is 0 Å². The molecule has 0 radical (unpaired) electrons. The number of benzene rings is 2. The van der Waals surface area contributed by atoms with Gasteiger partial charge in [-0.15, -0.1) is 0 Å². The standard InChI is InChI=1S/2C10H7F2O2.2C5H5.Ti/c2*1-2-3-10(13)14-9-5-4-7(11)6-8(9)12;2*1-2-4-5-3-1;/h2*2-5H,1H3;2*1-3H,4H2;/b2*3-2+;;;. The van der Waals surface area contributed by atoms with Gasteiger partial charge in [0, 0.05) is 0 Å². The first kappa shape index (κ1) is 28.3. The van der Waals surface area contributed by atoms with Crippen LogP contribution < -0.4 is 17.2 Å². The maximum atomic E-state index is 16.4. The van der Waals surface area contributed by atoms with E-state index < -0.39 is 71.0 Å². The molecule has 0 heterocycles. The van der Waals surface area contributed by atoms with Crippen molar-refractivity contribution in [2.45, 2.75) is 26.7 Å². The molecule has 4 nitrogen and oxygen atoms in total. The minimum absolute atomic E-state index is 0.195. The maximum absolute atomic E-state index is 16.4. The summed E-state index contributed by atoms with van der Waals surface area (Å²) < 4.78 is 74.6. The van der Waals surface area contributed by atoms with Crippen molar-refractivity contribution < 1.29 is 53.2 Å². The van der Waals surface area contributed by atoms with Crippen molar-refractivity contribution in [3.63, 3.8) is 0 Å². The van der Waals surface area contributed by atoms with Gasteiger partial charge in [-0.3, -0.25) is 0 Å². The molecule has 0 saturated heterocycles. The molecule has 0 N–H and O–H groups in total. The van der Waals surface area contributed by atoms with E-state index in [1.54, 1.807) is 50.3 Å². The molecule has 0 unspecified atom stereocenters. The number of carbonyl (C=O) groups excluding carboxylic acids is 2. The second-order valence-corrected chi connectivity index (χ2v) is 14.6. The van der Waals surface area contributed by atoms with Crippen LogP contribution in [0.3, 0.4) is 0 Å². The molecule has 2 aromatic carbocycles. The van der Waals surface area contributed by atoms with Gasteiger partial charge in [-0.05, 0) is 0 Å². The summed E-state index contributed by atoms with van der Waals surface area (Å²) in [6.45, 7) is 3.13. The molecule has 39 heavy (non-hydrogen) atoms. The van der Waals surface area contributed by atoms with E-state index in [2.05, 4.69) is 0 Å². The van der Waals surface area contributed by atoms with E-state index in [0.29, 0.717) is 7.76 Å². The molecule has 0 amide bonds. The number of hydrogen-bond donors (Lipinski definition) is 0. The van der Waals surface area contributed by atoms with E-state index in [4.69, 9.17) is 9.47 Å². The van der Waals surface area contributed by atoms with Gasteiger partial charge in [0.2, 0.25) is 0 Å². The summed E-state index contributed by atoms with van der Waals surface area (Å²) in [4.78, 5) is 24.3. The first-order chi connectivity index (χ1) is 18.7. The normalized spacial score (nSPS) is 14.8. The molecule has 2 aliphatic carbocycles. The van der Waals surface area contributed by atoms with Gasteiger partial charge in [0.25, 0.3) is 0 Å². The molecule has 200 valence electrons. The van der Waals surface area contributed by atoms with Gasteiger partial charge in [0.05, 0.1) is 0 Å². The predicted octanol–water partition coefficient (Wildman–Crippen LogP) is 6.00. The molecule has 0 aromatic heterocycles. The quantitative estimate of drug-likeness (QED) is 0.128. The molecule has 0 saturated carbocycles. The van der Waals surface area contributed by atoms with Crippen LogP contribution in [0.15, 0.2) is 92.8 Å². The van der Waals surface area contributed by atoms with Crippen molar-refractivity contribution in [1.29, 1.82) is 0 Å². The Morgan fingerprint density at radius 3 is 1.46 bits per heavy atom. The summed E-state index contributed by atoms with van der Waals surface area (Å²) in [6, 6.07) is 3.78. The molecular formula is C30H24F4O4Ti. The number of rotatable bonds is 8. The van der Waals surface area contributed by atoms with Gasteiger partial charge in [0.1, 0.15) is 0 Å². The fraction of sp³-hybridized carbons (Fsp3) is 0.133. The van der Waals surface area contributed by atoms with Crippen LogP contribution in [-0.2, 0) is 26.2 Å². The SMILES string of the molecule is C/C=C/C(=O)Oc1ccc(F)[c]([Ti]([C]2=CC=CC2)([C]2=CC=CC2)[c]2c(F)ccc(OC(=O)/C=C/C)c2F)c1F. The Morgan fingerprint density at radius 1 is 0.718 bits per heavy atom. The second kappa shape index (κ2) is 12.0. The van der Waals surface area contributed by atoms with Gasteiger partial charge in [-0.1, -0.05) is 0 Å². The van der Waals surface area contributed by atoms with Crippen LogP contribution >= 0.6 is 0 Å². The summed E-state index contributed by atoms with van der Waals surface area (Å²) in [5.41, 5.74) is 0. The monoisotopic (exact) mass is 572 g/mol. The van der Waals surface area contributed by atoms with Crippen LogP contribution in [0.2, 0.25) is 0 Å². The van der Waals surface area contributed by atoms with Crippen molar-refractivity contribution in [1.82, 2.24) is 0 Å². The number of halogens is 4. The average molecular weight is 572 g/mol. The van der Waals surface area contributed by atoms with E-state index in [-0.39, 0.29) is 12.8 Å². The topological polar surface area (TPSA) is 52.6 Å². The Labute approximate surface area is 226 Å². The Kier molecular flexibility index (Phi) is 8.68. The molecule has 4 rings (SSSR count). The number of carbonyl (C=O) groups is 2. The first-order valence-corrected chi connectivity index (χ1v) is 15.3. The van der Waals surface area contributed by atoms with E-state index >= 15 is 17.6 Å². The number of allylic oxidation sites excluding steroid dienone is 10. The first-order valence-electron chi connectivity index (χ1n) is 12.1. The van der Waals surface area contributed by atoms with Crippen molar-refractivity contribution in [3.8, 4) is 11.5 Å². The van der Waals surface area contributed by atoms with Crippen molar-refractivity contribution >= 4 is 19.7 Å². The van der Waals surface area contributed by atoms with Crippen LogP contribution in [0.1, 0.15) is 26.7 Å². The molecule has 0 fully saturated rings. The Morgan fingerprint density at radius 2 is 1.13 bits per heavy atom. The van der Waals surface area contributed by atoms with E-state index in [9.17, 15) is 9.59 Å². The molecule has 9 heteroatoms. The molecule has 0 atom stereocenters.